The molecule has 29 heavy (non-hydrogen) atoms. The molecule has 1 fully saturated rings. The van der Waals surface area contributed by atoms with Crippen molar-refractivity contribution in [3.8, 4) is 0 Å². The van der Waals surface area contributed by atoms with Crippen LogP contribution in [0.1, 0.15) is 29.0 Å². The van der Waals surface area contributed by atoms with Crippen LogP contribution in [0.25, 0.3) is 0 Å². The number of likely N-dealkylation sites (tertiary alicyclic amines) is 1. The number of hydrogen-bond donors (Lipinski definition) is 0. The summed E-state index contributed by atoms with van der Waals surface area (Å²) in [5, 5.41) is 0. The molecule has 0 bridgehead atoms. The first-order valence-corrected chi connectivity index (χ1v) is 9.81. The van der Waals surface area contributed by atoms with Crippen molar-refractivity contribution in [1.82, 2.24) is 9.47 Å². The lowest BCUT2D eigenvalue weighted by molar-refractivity contribution is -0.123. The largest absolute Gasteiger partial charge is 0.459 e. The van der Waals surface area contributed by atoms with Gasteiger partial charge in [0.05, 0.1) is 6.26 Å². The average Bonchev–Trinajstić information content (AvgIpc) is 3.30. The smallest absolute Gasteiger partial charge is 0.289 e. The Labute approximate surface area is 169 Å². The van der Waals surface area contributed by atoms with Crippen molar-refractivity contribution >= 4 is 11.8 Å². The van der Waals surface area contributed by atoms with E-state index in [0.717, 1.165) is 5.56 Å². The number of nitrogens with zero attached hydrogens (tertiary/aromatic N) is 3. The van der Waals surface area contributed by atoms with E-state index < -0.39 is 0 Å². The van der Waals surface area contributed by atoms with E-state index in [0.29, 0.717) is 43.7 Å². The van der Waals surface area contributed by atoms with Gasteiger partial charge in [-0.15, -0.1) is 0 Å². The van der Waals surface area contributed by atoms with Gasteiger partial charge in [0.15, 0.2) is 5.76 Å². The highest BCUT2D eigenvalue weighted by Crippen LogP contribution is 2.20. The monoisotopic (exact) mass is 389 g/mol. The van der Waals surface area contributed by atoms with Crippen LogP contribution < -0.4 is 5.49 Å². The summed E-state index contributed by atoms with van der Waals surface area (Å²) >= 11 is 0. The number of benzene rings is 1. The lowest BCUT2D eigenvalue weighted by Crippen LogP contribution is -2.40. The Morgan fingerprint density at radius 3 is 2.45 bits per heavy atom. The van der Waals surface area contributed by atoms with Gasteiger partial charge in [-0.2, -0.15) is 4.99 Å². The van der Waals surface area contributed by atoms with Crippen molar-refractivity contribution in [3.63, 3.8) is 0 Å². The minimum Gasteiger partial charge on any atom is -0.459 e. The first kappa shape index (κ1) is 18.9. The lowest BCUT2D eigenvalue weighted by atomic mass is 9.96. The molecule has 2 aromatic heterocycles. The van der Waals surface area contributed by atoms with Crippen LogP contribution in [-0.2, 0) is 11.3 Å². The first-order chi connectivity index (χ1) is 14.2. The summed E-state index contributed by atoms with van der Waals surface area (Å²) < 4.78 is 7.16. The zero-order chi connectivity index (χ0) is 20.1. The van der Waals surface area contributed by atoms with Gasteiger partial charge in [-0.1, -0.05) is 36.4 Å². The van der Waals surface area contributed by atoms with E-state index >= 15 is 0 Å². The van der Waals surface area contributed by atoms with E-state index in [1.807, 2.05) is 47.2 Å². The number of pyridine rings is 1. The molecule has 0 aliphatic carbocycles. The van der Waals surface area contributed by atoms with Crippen LogP contribution in [-0.4, -0.2) is 34.4 Å². The third kappa shape index (κ3) is 4.54. The van der Waals surface area contributed by atoms with E-state index in [-0.39, 0.29) is 17.7 Å². The van der Waals surface area contributed by atoms with Crippen molar-refractivity contribution in [2.24, 2.45) is 10.9 Å². The molecule has 2 amide bonds. The maximum Gasteiger partial charge on any atom is 0.289 e. The first-order valence-electron chi connectivity index (χ1n) is 9.81. The molecule has 3 aromatic rings. The van der Waals surface area contributed by atoms with Gasteiger partial charge in [-0.05, 0) is 42.7 Å². The fourth-order valence-corrected chi connectivity index (χ4v) is 3.57. The summed E-state index contributed by atoms with van der Waals surface area (Å²) in [6, 6.07) is 19.1. The number of rotatable bonds is 4. The Balaban J connectivity index is 1.43. The summed E-state index contributed by atoms with van der Waals surface area (Å²) in [6.45, 7) is 1.72. The van der Waals surface area contributed by atoms with Crippen molar-refractivity contribution in [1.29, 1.82) is 0 Å². The maximum absolute atomic E-state index is 12.8. The van der Waals surface area contributed by atoms with E-state index in [1.165, 1.54) is 6.26 Å². The Kier molecular flexibility index (Phi) is 5.70. The molecule has 1 saturated heterocycles. The van der Waals surface area contributed by atoms with Crippen LogP contribution >= 0.6 is 0 Å². The fraction of sp³-hybridized carbons (Fsp3) is 0.261. The molecule has 0 unspecified atom stereocenters. The van der Waals surface area contributed by atoms with Gasteiger partial charge in [-0.25, -0.2) is 0 Å². The molecule has 6 nitrogen and oxygen atoms in total. The van der Waals surface area contributed by atoms with Crippen molar-refractivity contribution < 1.29 is 14.0 Å². The second kappa shape index (κ2) is 8.73. The Morgan fingerprint density at radius 1 is 0.966 bits per heavy atom. The molecule has 0 radical (unpaired) electrons. The molecule has 6 heteroatoms. The maximum atomic E-state index is 12.8. The number of carbonyl (C=O) groups is 2. The summed E-state index contributed by atoms with van der Waals surface area (Å²) in [5.41, 5.74) is 1.80. The number of carbonyl (C=O) groups excluding carboxylic acids is 2. The molecular formula is C23H23N3O3. The van der Waals surface area contributed by atoms with Gasteiger partial charge in [-0.3, -0.25) is 9.59 Å². The van der Waals surface area contributed by atoms with Gasteiger partial charge in [0.1, 0.15) is 5.49 Å². The molecule has 3 heterocycles. The topological polar surface area (TPSA) is 67.8 Å². The van der Waals surface area contributed by atoms with E-state index in [1.54, 1.807) is 17.0 Å². The predicted molar refractivity (Wildman–Crippen MR) is 108 cm³/mol. The van der Waals surface area contributed by atoms with Gasteiger partial charge >= 0.3 is 0 Å². The summed E-state index contributed by atoms with van der Waals surface area (Å²) in [5.74, 6) is -0.0727. The number of piperidine rings is 1. The molecule has 0 saturated carbocycles. The molecule has 0 N–H and O–H groups in total. The zero-order valence-corrected chi connectivity index (χ0v) is 16.1. The molecule has 1 aliphatic heterocycles. The summed E-state index contributed by atoms with van der Waals surface area (Å²) in [6.07, 6.45) is 4.65. The molecular weight excluding hydrogens is 366 g/mol. The van der Waals surface area contributed by atoms with Gasteiger partial charge in [0.25, 0.3) is 11.8 Å². The lowest BCUT2D eigenvalue weighted by Gasteiger charge is -2.29. The third-order valence-corrected chi connectivity index (χ3v) is 5.20. The van der Waals surface area contributed by atoms with E-state index in [4.69, 9.17) is 4.42 Å². The fourth-order valence-electron chi connectivity index (χ4n) is 3.57. The van der Waals surface area contributed by atoms with Gasteiger partial charge in [0, 0.05) is 31.7 Å². The quantitative estimate of drug-likeness (QED) is 0.689. The van der Waals surface area contributed by atoms with Crippen LogP contribution in [0.3, 0.4) is 0 Å². The highest BCUT2D eigenvalue weighted by molar-refractivity contribution is 5.91. The van der Waals surface area contributed by atoms with Crippen molar-refractivity contribution in [2.45, 2.75) is 19.4 Å². The predicted octanol–water partition coefficient (Wildman–Crippen LogP) is 3.11. The second-order valence-electron chi connectivity index (χ2n) is 7.17. The van der Waals surface area contributed by atoms with Crippen molar-refractivity contribution in [3.05, 3.63) is 89.9 Å². The third-order valence-electron chi connectivity index (χ3n) is 5.20. The van der Waals surface area contributed by atoms with Gasteiger partial charge in [0.2, 0.25) is 0 Å². The van der Waals surface area contributed by atoms with Crippen molar-refractivity contribution in [2.75, 3.05) is 13.1 Å². The highest BCUT2D eigenvalue weighted by Gasteiger charge is 2.28. The minimum atomic E-state index is -0.166. The molecule has 148 valence electrons. The Hall–Kier alpha value is -3.41. The van der Waals surface area contributed by atoms with Crippen LogP contribution in [0.4, 0.5) is 0 Å². The number of amides is 2. The highest BCUT2D eigenvalue weighted by atomic mass is 16.3. The average molecular weight is 389 g/mol. The Bertz CT molecular complexity index is 1030. The van der Waals surface area contributed by atoms with Crippen LogP contribution in [0.2, 0.25) is 0 Å². The number of furan rings is 1. The van der Waals surface area contributed by atoms with E-state index in [9.17, 15) is 9.59 Å². The molecule has 0 spiro atoms. The van der Waals surface area contributed by atoms with Crippen LogP contribution in [0, 0.1) is 5.92 Å². The standard InChI is InChI=1S/C23H23N3O3/c27-22(19-11-14-25(15-12-19)23(28)20-9-6-16-29-20)24-21-10-4-5-13-26(21)17-18-7-2-1-3-8-18/h1-10,13,16,19H,11-12,14-15,17H2. The summed E-state index contributed by atoms with van der Waals surface area (Å²) in [7, 11) is 0. The molecule has 1 aliphatic rings. The number of aromatic nitrogens is 1. The van der Waals surface area contributed by atoms with E-state index in [2.05, 4.69) is 17.1 Å². The molecule has 1 aromatic carbocycles. The minimum absolute atomic E-state index is 0.122. The molecule has 4 rings (SSSR count). The van der Waals surface area contributed by atoms with Crippen LogP contribution in [0.5, 0.6) is 0 Å². The SMILES string of the molecule is O=C(N=c1ccccn1Cc1ccccc1)C1CCN(C(=O)c2ccco2)CC1. The Morgan fingerprint density at radius 2 is 1.72 bits per heavy atom. The normalized spacial score (nSPS) is 15.4. The molecule has 0 atom stereocenters. The number of hydrogen-bond acceptors (Lipinski definition) is 3. The second-order valence-corrected chi connectivity index (χ2v) is 7.17. The zero-order valence-electron chi connectivity index (χ0n) is 16.1. The summed E-state index contributed by atoms with van der Waals surface area (Å²) in [4.78, 5) is 31.3. The van der Waals surface area contributed by atoms with Gasteiger partial charge < -0.3 is 13.9 Å². The van der Waals surface area contributed by atoms with Crippen LogP contribution in [0.15, 0.2) is 82.5 Å².